The average molecular weight is 372 g/mol. The second-order valence-corrected chi connectivity index (χ2v) is 5.61. The number of methoxy groups -OCH3 is 1. The van der Waals surface area contributed by atoms with E-state index in [4.69, 9.17) is 9.47 Å². The Bertz CT molecular complexity index is 802. The van der Waals surface area contributed by atoms with Gasteiger partial charge in [0, 0.05) is 17.7 Å². The summed E-state index contributed by atoms with van der Waals surface area (Å²) in [6.07, 6.45) is -0.0428. The molecule has 27 heavy (non-hydrogen) atoms. The number of esters is 1. The van der Waals surface area contributed by atoms with Gasteiger partial charge in [-0.1, -0.05) is 12.1 Å². The summed E-state index contributed by atoms with van der Waals surface area (Å²) < 4.78 is 10.1. The minimum absolute atomic E-state index is 0.0428. The number of nitro benzene ring substituents is 1. The van der Waals surface area contributed by atoms with Crippen LogP contribution in [0.3, 0.4) is 0 Å². The van der Waals surface area contributed by atoms with E-state index in [0.29, 0.717) is 11.3 Å². The smallest absolute Gasteiger partial charge is 0.308 e. The third-order valence-electron chi connectivity index (χ3n) is 3.84. The monoisotopic (exact) mass is 372 g/mol. The molecule has 0 aliphatic carbocycles. The number of hydrogen-bond donors (Lipinski definition) is 1. The maximum absolute atomic E-state index is 12.5. The Morgan fingerprint density at radius 2 is 1.74 bits per heavy atom. The molecule has 0 unspecified atom stereocenters. The van der Waals surface area contributed by atoms with Crippen molar-refractivity contribution in [3.05, 3.63) is 69.8 Å². The van der Waals surface area contributed by atoms with Gasteiger partial charge in [0.05, 0.1) is 31.1 Å². The van der Waals surface area contributed by atoms with E-state index in [0.717, 1.165) is 0 Å². The van der Waals surface area contributed by atoms with E-state index in [1.807, 2.05) is 0 Å². The van der Waals surface area contributed by atoms with Crippen molar-refractivity contribution < 1.29 is 24.0 Å². The summed E-state index contributed by atoms with van der Waals surface area (Å²) in [6.45, 7) is 1.94. The van der Waals surface area contributed by atoms with Gasteiger partial charge in [-0.2, -0.15) is 0 Å². The normalized spacial score (nSPS) is 11.3. The van der Waals surface area contributed by atoms with Gasteiger partial charge < -0.3 is 14.8 Å². The van der Waals surface area contributed by atoms with E-state index >= 15 is 0 Å². The van der Waals surface area contributed by atoms with Crippen molar-refractivity contribution in [3.8, 4) is 5.75 Å². The number of ether oxygens (including phenoxy) is 2. The van der Waals surface area contributed by atoms with Crippen molar-refractivity contribution in [1.29, 1.82) is 0 Å². The number of non-ortho nitro benzene ring substituents is 1. The fourth-order valence-corrected chi connectivity index (χ4v) is 2.45. The number of hydrogen-bond acceptors (Lipinski definition) is 6. The molecule has 1 N–H and O–H groups in total. The van der Waals surface area contributed by atoms with Crippen LogP contribution in [0, 0.1) is 10.1 Å². The zero-order chi connectivity index (χ0) is 19.8. The number of rotatable bonds is 8. The molecule has 2 rings (SSSR count). The Morgan fingerprint density at radius 3 is 2.26 bits per heavy atom. The van der Waals surface area contributed by atoms with Gasteiger partial charge in [-0.3, -0.25) is 19.7 Å². The second kappa shape index (κ2) is 9.33. The molecule has 1 amide bonds. The fourth-order valence-electron chi connectivity index (χ4n) is 2.45. The lowest BCUT2D eigenvalue weighted by Crippen LogP contribution is -2.30. The Kier molecular flexibility index (Phi) is 6.87. The highest BCUT2D eigenvalue weighted by Crippen LogP contribution is 2.22. The number of nitrogens with zero attached hydrogens (tertiary/aromatic N) is 1. The number of nitrogens with one attached hydrogen (secondary N) is 1. The molecule has 0 aliphatic rings. The highest BCUT2D eigenvalue weighted by molar-refractivity contribution is 5.95. The molecule has 8 nitrogen and oxygen atoms in total. The predicted molar refractivity (Wildman–Crippen MR) is 97.5 cm³/mol. The molecule has 2 aromatic rings. The Morgan fingerprint density at radius 1 is 1.11 bits per heavy atom. The molecular weight excluding hydrogens is 352 g/mol. The lowest BCUT2D eigenvalue weighted by Gasteiger charge is -2.19. The van der Waals surface area contributed by atoms with Crippen LogP contribution in [0.15, 0.2) is 48.5 Å². The first-order valence-electron chi connectivity index (χ1n) is 8.29. The lowest BCUT2D eigenvalue weighted by molar-refractivity contribution is -0.384. The van der Waals surface area contributed by atoms with Crippen molar-refractivity contribution >= 4 is 17.6 Å². The maximum Gasteiger partial charge on any atom is 0.308 e. The van der Waals surface area contributed by atoms with Gasteiger partial charge >= 0.3 is 5.97 Å². The standard InChI is InChI=1S/C19H20N2O6/c1-3-27-18(22)12-17(13-6-10-16(26-2)11-7-13)20-19(23)14-4-8-15(9-5-14)21(24)25/h4-11,17H,3,12H2,1-2H3,(H,20,23)/t17-/m0/s1. The second-order valence-electron chi connectivity index (χ2n) is 5.61. The topological polar surface area (TPSA) is 108 Å². The van der Waals surface area contributed by atoms with Crippen molar-refractivity contribution in [2.24, 2.45) is 0 Å². The molecule has 2 aromatic carbocycles. The molecule has 0 aliphatic heterocycles. The first kappa shape index (κ1) is 19.9. The number of carbonyl (C=O) groups excluding carboxylic acids is 2. The highest BCUT2D eigenvalue weighted by atomic mass is 16.6. The van der Waals surface area contributed by atoms with Crippen LogP contribution in [0.5, 0.6) is 5.75 Å². The molecule has 0 aromatic heterocycles. The average Bonchev–Trinajstić information content (AvgIpc) is 2.67. The number of amides is 1. The molecule has 142 valence electrons. The maximum atomic E-state index is 12.5. The molecule has 0 fully saturated rings. The van der Waals surface area contributed by atoms with Crippen LogP contribution in [0.25, 0.3) is 0 Å². The van der Waals surface area contributed by atoms with Crippen LogP contribution in [-0.4, -0.2) is 30.5 Å². The van der Waals surface area contributed by atoms with Crippen LogP contribution in [0.2, 0.25) is 0 Å². The summed E-state index contributed by atoms with van der Waals surface area (Å²) in [5, 5.41) is 13.5. The van der Waals surface area contributed by atoms with Crippen molar-refractivity contribution in [1.82, 2.24) is 5.32 Å². The molecule has 0 spiro atoms. The zero-order valence-electron chi connectivity index (χ0n) is 15.0. The van der Waals surface area contributed by atoms with Crippen LogP contribution < -0.4 is 10.1 Å². The predicted octanol–water partition coefficient (Wildman–Crippen LogP) is 3.03. The fraction of sp³-hybridized carbons (Fsp3) is 0.263. The van der Waals surface area contributed by atoms with Gasteiger partial charge in [-0.25, -0.2) is 0 Å². The van der Waals surface area contributed by atoms with Gasteiger partial charge in [0.2, 0.25) is 0 Å². The van der Waals surface area contributed by atoms with Gasteiger partial charge in [0.25, 0.3) is 11.6 Å². The van der Waals surface area contributed by atoms with E-state index in [-0.39, 0.29) is 24.3 Å². The third-order valence-corrected chi connectivity index (χ3v) is 3.84. The molecule has 8 heteroatoms. The zero-order valence-corrected chi connectivity index (χ0v) is 15.0. The van der Waals surface area contributed by atoms with Crippen LogP contribution in [-0.2, 0) is 9.53 Å². The summed E-state index contributed by atoms with van der Waals surface area (Å²) in [6, 6.07) is 11.6. The summed E-state index contributed by atoms with van der Waals surface area (Å²) in [4.78, 5) is 34.6. The molecule has 0 bridgehead atoms. The number of nitro groups is 1. The van der Waals surface area contributed by atoms with E-state index in [9.17, 15) is 19.7 Å². The molecule has 0 heterocycles. The van der Waals surface area contributed by atoms with E-state index < -0.39 is 22.8 Å². The molecule has 1 atom stereocenters. The Hall–Kier alpha value is -3.42. The molecular formula is C19H20N2O6. The molecule has 0 saturated carbocycles. The minimum atomic E-state index is -0.613. The minimum Gasteiger partial charge on any atom is -0.497 e. The van der Waals surface area contributed by atoms with Crippen LogP contribution in [0.1, 0.15) is 35.3 Å². The first-order chi connectivity index (χ1) is 12.9. The van der Waals surface area contributed by atoms with E-state index in [2.05, 4.69) is 5.32 Å². The van der Waals surface area contributed by atoms with Crippen LogP contribution in [0.4, 0.5) is 5.69 Å². The van der Waals surface area contributed by atoms with Crippen molar-refractivity contribution in [2.75, 3.05) is 13.7 Å². The summed E-state index contributed by atoms with van der Waals surface area (Å²) in [5.74, 6) is -0.243. The summed E-state index contributed by atoms with van der Waals surface area (Å²) >= 11 is 0. The first-order valence-corrected chi connectivity index (χ1v) is 8.29. The van der Waals surface area contributed by atoms with Gasteiger partial charge in [-0.05, 0) is 36.8 Å². The van der Waals surface area contributed by atoms with Crippen molar-refractivity contribution in [3.63, 3.8) is 0 Å². The van der Waals surface area contributed by atoms with Crippen molar-refractivity contribution in [2.45, 2.75) is 19.4 Å². The lowest BCUT2D eigenvalue weighted by atomic mass is 10.0. The molecule has 0 saturated heterocycles. The van der Waals surface area contributed by atoms with Gasteiger partial charge in [-0.15, -0.1) is 0 Å². The SMILES string of the molecule is CCOC(=O)C[C@H](NC(=O)c1ccc([N+](=O)[O-])cc1)c1ccc(OC)cc1. The molecule has 0 radical (unpaired) electrons. The van der Waals surface area contributed by atoms with Crippen LogP contribution >= 0.6 is 0 Å². The number of carbonyl (C=O) groups is 2. The summed E-state index contributed by atoms with van der Waals surface area (Å²) in [7, 11) is 1.54. The van der Waals surface area contributed by atoms with E-state index in [1.165, 1.54) is 24.3 Å². The Balaban J connectivity index is 2.19. The Labute approximate surface area is 156 Å². The highest BCUT2D eigenvalue weighted by Gasteiger charge is 2.20. The number of benzene rings is 2. The quantitative estimate of drug-likeness (QED) is 0.433. The van der Waals surface area contributed by atoms with E-state index in [1.54, 1.807) is 38.3 Å². The van der Waals surface area contributed by atoms with Gasteiger partial charge in [0.15, 0.2) is 0 Å². The third kappa shape index (κ3) is 5.53. The summed E-state index contributed by atoms with van der Waals surface area (Å²) in [5.41, 5.74) is 0.854. The van der Waals surface area contributed by atoms with Gasteiger partial charge in [0.1, 0.15) is 5.75 Å². The largest absolute Gasteiger partial charge is 0.497 e.